The Kier molecular flexibility index (Phi) is 2.86. The van der Waals surface area contributed by atoms with Crippen LogP contribution in [0.15, 0.2) is 40.3 Å². The van der Waals surface area contributed by atoms with Crippen molar-refractivity contribution in [2.24, 2.45) is 0 Å². The predicted molar refractivity (Wildman–Crippen MR) is 75.4 cm³/mol. The molecule has 0 atom stereocenters. The maximum absolute atomic E-state index is 4.05. The van der Waals surface area contributed by atoms with Crippen LogP contribution in [0.4, 0.5) is 5.69 Å². The molecule has 0 aliphatic carbocycles. The number of hydrogen-bond acceptors (Lipinski definition) is 3. The minimum atomic E-state index is 0.816. The minimum absolute atomic E-state index is 0.816. The van der Waals surface area contributed by atoms with Gasteiger partial charge in [0.2, 0.25) is 0 Å². The molecule has 2 aromatic heterocycles. The Morgan fingerprint density at radius 3 is 3.12 bits per heavy atom. The van der Waals surface area contributed by atoms with E-state index in [2.05, 4.69) is 49.0 Å². The average molecular weight is 308 g/mol. The van der Waals surface area contributed by atoms with Crippen molar-refractivity contribution in [1.29, 1.82) is 0 Å². The van der Waals surface area contributed by atoms with Crippen LogP contribution in [0.1, 0.15) is 4.88 Å². The highest BCUT2D eigenvalue weighted by Gasteiger charge is 2.04. The Labute approximate surface area is 111 Å². The Bertz CT molecular complexity index is 644. The zero-order valence-corrected chi connectivity index (χ0v) is 11.3. The Morgan fingerprint density at radius 2 is 2.29 bits per heavy atom. The van der Waals surface area contributed by atoms with Crippen molar-refractivity contribution < 1.29 is 0 Å². The summed E-state index contributed by atoms with van der Waals surface area (Å²) in [7, 11) is 0. The van der Waals surface area contributed by atoms with Gasteiger partial charge in [0.05, 0.1) is 23.9 Å². The molecule has 0 amide bonds. The van der Waals surface area contributed by atoms with E-state index in [4.69, 9.17) is 0 Å². The molecule has 0 aliphatic heterocycles. The molecule has 3 aromatic rings. The van der Waals surface area contributed by atoms with Gasteiger partial charge in [0, 0.05) is 14.7 Å². The molecule has 3 nitrogen and oxygen atoms in total. The van der Waals surface area contributed by atoms with Gasteiger partial charge in [0.1, 0.15) is 0 Å². The number of benzene rings is 1. The summed E-state index contributed by atoms with van der Waals surface area (Å²) in [4.78, 5) is 1.29. The number of nitrogens with one attached hydrogen (secondary N) is 2. The van der Waals surface area contributed by atoms with Crippen LogP contribution >= 0.6 is 27.3 Å². The Balaban J connectivity index is 1.86. The number of hydrogen-bond donors (Lipinski definition) is 2. The lowest BCUT2D eigenvalue weighted by Crippen LogP contribution is -1.98. The standard InChI is InChI=1S/C12H10BrN3S/c13-9-4-5-17-11(9)7-14-10-3-1-2-8-6-15-16-12(8)10/h1-6,14H,7H2,(H,15,16). The number of thiophene rings is 1. The summed E-state index contributed by atoms with van der Waals surface area (Å²) in [5.41, 5.74) is 2.14. The number of halogens is 1. The molecular formula is C12H10BrN3S. The zero-order valence-electron chi connectivity index (χ0n) is 8.90. The molecule has 5 heteroatoms. The molecule has 0 spiro atoms. The molecule has 1 aromatic carbocycles. The van der Waals surface area contributed by atoms with E-state index in [1.54, 1.807) is 11.3 Å². The average Bonchev–Trinajstić information content (AvgIpc) is 2.95. The molecule has 17 heavy (non-hydrogen) atoms. The van der Waals surface area contributed by atoms with E-state index in [0.717, 1.165) is 27.6 Å². The van der Waals surface area contributed by atoms with Crippen molar-refractivity contribution in [3.8, 4) is 0 Å². The summed E-state index contributed by atoms with van der Waals surface area (Å²) < 4.78 is 1.16. The third kappa shape index (κ3) is 2.08. The van der Waals surface area contributed by atoms with Gasteiger partial charge in [0.25, 0.3) is 0 Å². The number of aromatic nitrogens is 2. The predicted octanol–water partition coefficient (Wildman–Crippen LogP) is 4.00. The Morgan fingerprint density at radius 1 is 1.35 bits per heavy atom. The van der Waals surface area contributed by atoms with E-state index in [-0.39, 0.29) is 0 Å². The van der Waals surface area contributed by atoms with Crippen LogP contribution in [0, 0.1) is 0 Å². The third-order valence-corrected chi connectivity index (χ3v) is 4.53. The topological polar surface area (TPSA) is 40.7 Å². The lowest BCUT2D eigenvalue weighted by Gasteiger charge is -2.06. The van der Waals surface area contributed by atoms with Gasteiger partial charge in [-0.1, -0.05) is 12.1 Å². The normalized spacial score (nSPS) is 10.9. The second-order valence-electron chi connectivity index (χ2n) is 3.69. The second kappa shape index (κ2) is 4.50. The summed E-state index contributed by atoms with van der Waals surface area (Å²) in [6, 6.07) is 8.20. The van der Waals surface area contributed by atoms with Gasteiger partial charge in [-0.2, -0.15) is 5.10 Å². The van der Waals surface area contributed by atoms with Crippen LogP contribution in [0.5, 0.6) is 0 Å². The van der Waals surface area contributed by atoms with E-state index >= 15 is 0 Å². The van der Waals surface area contributed by atoms with Gasteiger partial charge in [-0.05, 0) is 33.4 Å². The summed E-state index contributed by atoms with van der Waals surface area (Å²) in [6.07, 6.45) is 1.83. The van der Waals surface area contributed by atoms with Crippen LogP contribution in [-0.2, 0) is 6.54 Å². The fourth-order valence-corrected chi connectivity index (χ4v) is 3.18. The lowest BCUT2D eigenvalue weighted by atomic mass is 10.2. The minimum Gasteiger partial charge on any atom is -0.378 e. The number of nitrogens with zero attached hydrogens (tertiary/aromatic N) is 1. The molecule has 3 rings (SSSR count). The molecule has 0 saturated heterocycles. The summed E-state index contributed by atoms with van der Waals surface area (Å²) in [5.74, 6) is 0. The SMILES string of the molecule is Brc1ccsc1CNc1cccc2cn[nH]c12. The van der Waals surface area contributed by atoms with Gasteiger partial charge in [0.15, 0.2) is 0 Å². The van der Waals surface area contributed by atoms with Gasteiger partial charge in [-0.25, -0.2) is 0 Å². The number of H-pyrrole nitrogens is 1. The third-order valence-electron chi connectivity index (χ3n) is 2.61. The lowest BCUT2D eigenvalue weighted by molar-refractivity contribution is 1.11. The molecule has 0 aliphatic rings. The fourth-order valence-electron chi connectivity index (χ4n) is 1.74. The van der Waals surface area contributed by atoms with Gasteiger partial charge < -0.3 is 5.32 Å². The van der Waals surface area contributed by atoms with E-state index < -0.39 is 0 Å². The van der Waals surface area contributed by atoms with Gasteiger partial charge in [-0.3, -0.25) is 5.10 Å². The molecule has 0 saturated carbocycles. The van der Waals surface area contributed by atoms with Crippen molar-refractivity contribution in [3.63, 3.8) is 0 Å². The number of para-hydroxylation sites is 1. The van der Waals surface area contributed by atoms with Crippen molar-refractivity contribution in [2.45, 2.75) is 6.54 Å². The van der Waals surface area contributed by atoms with Crippen molar-refractivity contribution >= 4 is 43.9 Å². The maximum atomic E-state index is 4.05. The summed E-state index contributed by atoms with van der Waals surface area (Å²) >= 11 is 5.27. The first-order valence-corrected chi connectivity index (χ1v) is 6.90. The number of rotatable bonds is 3. The zero-order chi connectivity index (χ0) is 11.7. The largest absolute Gasteiger partial charge is 0.378 e. The summed E-state index contributed by atoms with van der Waals surface area (Å²) in [5, 5.41) is 13.7. The van der Waals surface area contributed by atoms with Crippen LogP contribution in [0.3, 0.4) is 0 Å². The first-order valence-electron chi connectivity index (χ1n) is 5.22. The highest BCUT2D eigenvalue weighted by molar-refractivity contribution is 9.10. The van der Waals surface area contributed by atoms with E-state index in [9.17, 15) is 0 Å². The maximum Gasteiger partial charge on any atom is 0.0881 e. The van der Waals surface area contributed by atoms with Crippen LogP contribution in [0.25, 0.3) is 10.9 Å². The van der Waals surface area contributed by atoms with E-state index in [0.29, 0.717) is 0 Å². The molecule has 0 fully saturated rings. The monoisotopic (exact) mass is 307 g/mol. The van der Waals surface area contributed by atoms with Gasteiger partial charge in [-0.15, -0.1) is 11.3 Å². The molecule has 0 radical (unpaired) electrons. The quantitative estimate of drug-likeness (QED) is 0.768. The van der Waals surface area contributed by atoms with Crippen LogP contribution in [0.2, 0.25) is 0 Å². The van der Waals surface area contributed by atoms with Crippen molar-refractivity contribution in [1.82, 2.24) is 10.2 Å². The van der Waals surface area contributed by atoms with E-state index in [1.165, 1.54) is 4.88 Å². The first-order chi connectivity index (χ1) is 8.34. The molecule has 0 unspecified atom stereocenters. The van der Waals surface area contributed by atoms with Gasteiger partial charge >= 0.3 is 0 Å². The molecular weight excluding hydrogens is 298 g/mol. The number of fused-ring (bicyclic) bond motifs is 1. The van der Waals surface area contributed by atoms with Crippen LogP contribution in [-0.4, -0.2) is 10.2 Å². The molecule has 2 N–H and O–H groups in total. The highest BCUT2D eigenvalue weighted by Crippen LogP contribution is 2.25. The highest BCUT2D eigenvalue weighted by atomic mass is 79.9. The fraction of sp³-hybridized carbons (Fsp3) is 0.0833. The number of anilines is 1. The van der Waals surface area contributed by atoms with Crippen molar-refractivity contribution in [3.05, 3.63) is 45.2 Å². The molecule has 2 heterocycles. The molecule has 86 valence electrons. The van der Waals surface area contributed by atoms with Crippen molar-refractivity contribution in [2.75, 3.05) is 5.32 Å². The van der Waals surface area contributed by atoms with Crippen LogP contribution < -0.4 is 5.32 Å². The second-order valence-corrected chi connectivity index (χ2v) is 5.54. The molecule has 0 bridgehead atoms. The Hall–Kier alpha value is -1.33. The van der Waals surface area contributed by atoms with E-state index in [1.807, 2.05) is 18.3 Å². The number of aromatic amines is 1. The smallest absolute Gasteiger partial charge is 0.0881 e. The summed E-state index contributed by atoms with van der Waals surface area (Å²) in [6.45, 7) is 0.816. The first kappa shape index (κ1) is 10.8.